The van der Waals surface area contributed by atoms with Crippen molar-refractivity contribution in [1.29, 1.82) is 0 Å². The number of ether oxygens (including phenoxy) is 1. The van der Waals surface area contributed by atoms with Crippen LogP contribution in [0, 0.1) is 11.3 Å². The Balaban J connectivity index is 1.85. The van der Waals surface area contributed by atoms with Gasteiger partial charge >= 0.3 is 0 Å². The normalized spacial score (nSPS) is 29.6. The minimum atomic E-state index is 0.578. The third-order valence-corrected chi connectivity index (χ3v) is 5.70. The second-order valence-corrected chi connectivity index (χ2v) is 6.60. The average molecular weight is 304 g/mol. The van der Waals surface area contributed by atoms with Gasteiger partial charge in [0.1, 0.15) is 0 Å². The first-order chi connectivity index (χ1) is 8.28. The van der Waals surface area contributed by atoms with Crippen molar-refractivity contribution in [2.75, 3.05) is 38.7 Å². The summed E-state index contributed by atoms with van der Waals surface area (Å²) in [7, 11) is 1.83. The quantitative estimate of drug-likeness (QED) is 0.723. The van der Waals surface area contributed by atoms with Crippen molar-refractivity contribution in [3.63, 3.8) is 0 Å². The van der Waals surface area contributed by atoms with Crippen LogP contribution in [0.4, 0.5) is 0 Å². The fourth-order valence-electron chi connectivity index (χ4n) is 3.60. The lowest BCUT2D eigenvalue weighted by atomic mass is 9.86. The van der Waals surface area contributed by atoms with Gasteiger partial charge in [0.2, 0.25) is 0 Å². The maximum Gasteiger partial charge on any atom is 0.0502 e. The third kappa shape index (κ3) is 3.68. The Labute approximate surface area is 114 Å². The van der Waals surface area contributed by atoms with Crippen molar-refractivity contribution >= 4 is 15.9 Å². The zero-order valence-electron chi connectivity index (χ0n) is 11.1. The molecule has 0 bridgehead atoms. The summed E-state index contributed by atoms with van der Waals surface area (Å²) >= 11 is 3.75. The number of hydrogen-bond donors (Lipinski definition) is 0. The molecule has 0 aromatic carbocycles. The van der Waals surface area contributed by atoms with Crippen LogP contribution in [0.15, 0.2) is 0 Å². The van der Waals surface area contributed by atoms with E-state index in [0.717, 1.165) is 12.5 Å². The molecule has 2 fully saturated rings. The number of methoxy groups -OCH3 is 1. The van der Waals surface area contributed by atoms with Crippen molar-refractivity contribution in [2.45, 2.75) is 38.5 Å². The minimum Gasteiger partial charge on any atom is -0.384 e. The monoisotopic (exact) mass is 303 g/mol. The van der Waals surface area contributed by atoms with Crippen molar-refractivity contribution < 1.29 is 4.74 Å². The van der Waals surface area contributed by atoms with Crippen LogP contribution in [0.2, 0.25) is 0 Å². The second-order valence-electron chi connectivity index (χ2n) is 6.04. The van der Waals surface area contributed by atoms with Crippen LogP contribution < -0.4 is 0 Å². The fraction of sp³-hybridized carbons (Fsp3) is 1.00. The number of piperidine rings is 1. The van der Waals surface area contributed by atoms with Gasteiger partial charge in [-0.1, -0.05) is 28.8 Å². The van der Waals surface area contributed by atoms with Crippen LogP contribution in [-0.2, 0) is 4.74 Å². The topological polar surface area (TPSA) is 12.5 Å². The predicted molar refractivity (Wildman–Crippen MR) is 75.7 cm³/mol. The highest BCUT2D eigenvalue weighted by atomic mass is 79.9. The van der Waals surface area contributed by atoms with Crippen LogP contribution in [0.3, 0.4) is 0 Å². The first kappa shape index (κ1) is 13.8. The van der Waals surface area contributed by atoms with Gasteiger partial charge in [0, 0.05) is 25.5 Å². The zero-order chi connectivity index (χ0) is 12.1. The Morgan fingerprint density at radius 1 is 1.29 bits per heavy atom. The number of likely N-dealkylation sites (tertiary alicyclic amines) is 1. The summed E-state index contributed by atoms with van der Waals surface area (Å²) in [5, 5.41) is 1.19. The molecule has 1 heterocycles. The van der Waals surface area contributed by atoms with Crippen LogP contribution >= 0.6 is 15.9 Å². The van der Waals surface area contributed by atoms with E-state index in [1.807, 2.05) is 7.11 Å². The van der Waals surface area contributed by atoms with Gasteiger partial charge in [-0.3, -0.25) is 0 Å². The van der Waals surface area contributed by atoms with Gasteiger partial charge in [0.05, 0.1) is 6.61 Å². The molecule has 0 amide bonds. The summed E-state index contributed by atoms with van der Waals surface area (Å²) < 4.78 is 5.32. The molecule has 1 unspecified atom stereocenters. The highest BCUT2D eigenvalue weighted by Crippen LogP contribution is 2.40. The molecule has 17 heavy (non-hydrogen) atoms. The first-order valence-electron chi connectivity index (χ1n) is 7.05. The molecule has 0 aromatic heterocycles. The molecule has 3 heteroatoms. The number of alkyl halides is 1. The van der Waals surface area contributed by atoms with Gasteiger partial charge in [-0.15, -0.1) is 0 Å². The molecule has 0 radical (unpaired) electrons. The lowest BCUT2D eigenvalue weighted by Crippen LogP contribution is -2.43. The van der Waals surface area contributed by atoms with Crippen molar-refractivity contribution in [1.82, 2.24) is 4.90 Å². The van der Waals surface area contributed by atoms with Gasteiger partial charge in [-0.05, 0) is 43.6 Å². The minimum absolute atomic E-state index is 0.578. The van der Waals surface area contributed by atoms with E-state index < -0.39 is 0 Å². The molecule has 1 atom stereocenters. The molecule has 1 saturated carbocycles. The SMILES string of the molecule is COCC1CCCN(CC2(CBr)CCCC2)C1. The molecule has 1 aliphatic carbocycles. The zero-order valence-corrected chi connectivity index (χ0v) is 12.7. The molecule has 2 nitrogen and oxygen atoms in total. The van der Waals surface area contributed by atoms with E-state index in [4.69, 9.17) is 4.74 Å². The van der Waals surface area contributed by atoms with Gasteiger partial charge in [-0.25, -0.2) is 0 Å². The van der Waals surface area contributed by atoms with Crippen LogP contribution in [0.5, 0.6) is 0 Å². The lowest BCUT2D eigenvalue weighted by molar-refractivity contribution is 0.0693. The van der Waals surface area contributed by atoms with E-state index in [0.29, 0.717) is 5.41 Å². The Kier molecular flexibility index (Phi) is 5.31. The fourth-order valence-corrected chi connectivity index (χ4v) is 4.34. The van der Waals surface area contributed by atoms with E-state index in [9.17, 15) is 0 Å². The summed E-state index contributed by atoms with van der Waals surface area (Å²) in [5.41, 5.74) is 0.578. The molecule has 0 N–H and O–H groups in total. The van der Waals surface area contributed by atoms with Gasteiger partial charge in [0.15, 0.2) is 0 Å². The van der Waals surface area contributed by atoms with E-state index in [1.165, 1.54) is 63.5 Å². The van der Waals surface area contributed by atoms with E-state index in [-0.39, 0.29) is 0 Å². The molecule has 1 aliphatic heterocycles. The van der Waals surface area contributed by atoms with Crippen molar-refractivity contribution in [3.05, 3.63) is 0 Å². The number of rotatable bonds is 5. The highest BCUT2D eigenvalue weighted by molar-refractivity contribution is 9.09. The smallest absolute Gasteiger partial charge is 0.0502 e. The Morgan fingerprint density at radius 2 is 2.06 bits per heavy atom. The summed E-state index contributed by atoms with van der Waals surface area (Å²) in [6.45, 7) is 4.80. The summed E-state index contributed by atoms with van der Waals surface area (Å²) in [5.74, 6) is 0.766. The average Bonchev–Trinajstić information content (AvgIpc) is 2.79. The van der Waals surface area contributed by atoms with Crippen LogP contribution in [-0.4, -0.2) is 43.6 Å². The van der Waals surface area contributed by atoms with Gasteiger partial charge in [0.25, 0.3) is 0 Å². The van der Waals surface area contributed by atoms with Gasteiger partial charge < -0.3 is 9.64 Å². The van der Waals surface area contributed by atoms with E-state index in [1.54, 1.807) is 0 Å². The lowest BCUT2D eigenvalue weighted by Gasteiger charge is -2.38. The molecular weight excluding hydrogens is 278 g/mol. The highest BCUT2D eigenvalue weighted by Gasteiger charge is 2.35. The molecule has 2 aliphatic rings. The summed E-state index contributed by atoms with van der Waals surface area (Å²) in [4.78, 5) is 2.69. The summed E-state index contributed by atoms with van der Waals surface area (Å²) in [6, 6.07) is 0. The molecule has 1 saturated heterocycles. The summed E-state index contributed by atoms with van der Waals surface area (Å²) in [6.07, 6.45) is 8.41. The Hall–Kier alpha value is 0.400. The van der Waals surface area contributed by atoms with E-state index >= 15 is 0 Å². The molecule has 100 valence electrons. The number of halogens is 1. The third-order valence-electron chi connectivity index (χ3n) is 4.51. The maximum atomic E-state index is 5.32. The number of nitrogens with zero attached hydrogens (tertiary/aromatic N) is 1. The molecule has 2 rings (SSSR count). The second kappa shape index (κ2) is 6.53. The first-order valence-corrected chi connectivity index (χ1v) is 8.17. The van der Waals surface area contributed by atoms with Crippen LogP contribution in [0.25, 0.3) is 0 Å². The maximum absolute atomic E-state index is 5.32. The molecule has 0 spiro atoms. The molecular formula is C14H26BrNO. The van der Waals surface area contributed by atoms with Gasteiger partial charge in [-0.2, -0.15) is 0 Å². The Bertz CT molecular complexity index is 226. The largest absolute Gasteiger partial charge is 0.384 e. The van der Waals surface area contributed by atoms with Crippen LogP contribution in [0.1, 0.15) is 38.5 Å². The van der Waals surface area contributed by atoms with E-state index in [2.05, 4.69) is 20.8 Å². The molecule has 0 aromatic rings. The Morgan fingerprint density at radius 3 is 2.71 bits per heavy atom. The van der Waals surface area contributed by atoms with Crippen molar-refractivity contribution in [2.24, 2.45) is 11.3 Å². The standard InChI is InChI=1S/C14H26BrNO/c1-17-10-13-5-4-8-16(9-13)12-14(11-15)6-2-3-7-14/h13H,2-12H2,1H3. The number of hydrogen-bond acceptors (Lipinski definition) is 2. The van der Waals surface area contributed by atoms with Crippen molar-refractivity contribution in [3.8, 4) is 0 Å². The predicted octanol–water partition coefficient (Wildman–Crippen LogP) is 3.30.